The Hall–Kier alpha value is -4.88. The number of benzene rings is 1. The lowest BCUT2D eigenvalue weighted by atomic mass is 10.1. The molecule has 1 N–H and O–H groups in total. The lowest BCUT2D eigenvalue weighted by Gasteiger charge is -2.15. The Kier molecular flexibility index (Phi) is 7.57. The monoisotopic (exact) mass is 503 g/mol. The number of carbonyl (C=O) groups excluding carboxylic acids is 4. The Morgan fingerprint density at radius 2 is 1.92 bits per heavy atom. The third kappa shape index (κ3) is 5.27. The number of urea groups is 1. The zero-order chi connectivity index (χ0) is 26.6. The van der Waals surface area contributed by atoms with Crippen LogP contribution < -0.4 is 14.8 Å². The molecule has 1 aliphatic heterocycles. The molecule has 14 heteroatoms. The molecule has 1 atom stereocenters. The molecule has 3 amide bonds. The SMILES string of the molecule is COC(=O)c1ccc(CN2C(=O)N/C(=C\c3cc(OC)c(O[C@H](C)C(=O)OC)c([N+](=O)[O-])c3)C2=O)o1. The molecule has 0 radical (unpaired) electrons. The van der Waals surface area contributed by atoms with Crippen LogP contribution in [0.2, 0.25) is 0 Å². The second kappa shape index (κ2) is 10.6. The van der Waals surface area contributed by atoms with Crippen molar-refractivity contribution in [2.75, 3.05) is 21.3 Å². The van der Waals surface area contributed by atoms with Crippen molar-refractivity contribution in [1.82, 2.24) is 10.2 Å². The summed E-state index contributed by atoms with van der Waals surface area (Å²) in [6.07, 6.45) is 0.0445. The molecule has 1 aromatic heterocycles. The highest BCUT2D eigenvalue weighted by molar-refractivity contribution is 6.13. The van der Waals surface area contributed by atoms with Gasteiger partial charge < -0.3 is 28.7 Å². The summed E-state index contributed by atoms with van der Waals surface area (Å²) in [5.74, 6) is -2.57. The van der Waals surface area contributed by atoms with Gasteiger partial charge in [0, 0.05) is 6.07 Å². The normalized spacial score (nSPS) is 14.9. The first-order chi connectivity index (χ1) is 17.1. The van der Waals surface area contributed by atoms with E-state index in [2.05, 4.69) is 14.8 Å². The molecule has 36 heavy (non-hydrogen) atoms. The summed E-state index contributed by atoms with van der Waals surface area (Å²) in [5.41, 5.74) is -0.586. The standard InChI is InChI=1S/C22H21N3O11/c1-11(20(27)33-3)35-18-15(25(30)31)8-12(9-17(18)32-2)7-14-19(26)24(22(29)23-14)10-13-5-6-16(36-13)21(28)34-4/h5-9,11H,10H2,1-4H3,(H,23,29)/b14-7-/t11-/m1/s1. The van der Waals surface area contributed by atoms with Gasteiger partial charge in [-0.2, -0.15) is 0 Å². The highest BCUT2D eigenvalue weighted by Crippen LogP contribution is 2.39. The molecule has 0 unspecified atom stereocenters. The number of rotatable bonds is 9. The molecule has 1 fully saturated rings. The van der Waals surface area contributed by atoms with Crippen molar-refractivity contribution >= 4 is 35.6 Å². The van der Waals surface area contributed by atoms with E-state index in [0.717, 1.165) is 18.1 Å². The summed E-state index contributed by atoms with van der Waals surface area (Å²) in [6.45, 7) is 1.07. The van der Waals surface area contributed by atoms with Crippen molar-refractivity contribution in [3.05, 3.63) is 57.2 Å². The van der Waals surface area contributed by atoms with Gasteiger partial charge in [-0.15, -0.1) is 0 Å². The number of nitro groups is 1. The van der Waals surface area contributed by atoms with Crippen LogP contribution in [-0.4, -0.2) is 61.1 Å². The fourth-order valence-electron chi connectivity index (χ4n) is 3.20. The molecular formula is C22H21N3O11. The quantitative estimate of drug-likeness (QED) is 0.174. The van der Waals surface area contributed by atoms with Crippen LogP contribution in [0.3, 0.4) is 0 Å². The third-order valence-electron chi connectivity index (χ3n) is 4.94. The highest BCUT2D eigenvalue weighted by atomic mass is 16.6. The Morgan fingerprint density at radius 1 is 1.19 bits per heavy atom. The number of nitro benzene ring substituents is 1. The summed E-state index contributed by atoms with van der Waals surface area (Å²) in [7, 11) is 3.56. The molecular weight excluding hydrogens is 482 g/mol. The lowest BCUT2D eigenvalue weighted by Crippen LogP contribution is -2.30. The van der Waals surface area contributed by atoms with Crippen molar-refractivity contribution in [3.8, 4) is 11.5 Å². The average Bonchev–Trinajstić information content (AvgIpc) is 3.43. The number of carbonyl (C=O) groups is 4. The van der Waals surface area contributed by atoms with E-state index in [1.807, 2.05) is 0 Å². The maximum absolute atomic E-state index is 12.8. The van der Waals surface area contributed by atoms with Gasteiger partial charge in [-0.05, 0) is 36.8 Å². The maximum Gasteiger partial charge on any atom is 0.373 e. The lowest BCUT2D eigenvalue weighted by molar-refractivity contribution is -0.386. The van der Waals surface area contributed by atoms with Crippen molar-refractivity contribution in [2.24, 2.45) is 0 Å². The zero-order valence-corrected chi connectivity index (χ0v) is 19.6. The van der Waals surface area contributed by atoms with Crippen LogP contribution in [0.4, 0.5) is 10.5 Å². The van der Waals surface area contributed by atoms with E-state index in [-0.39, 0.29) is 40.8 Å². The number of nitrogens with zero attached hydrogens (tertiary/aromatic N) is 2. The van der Waals surface area contributed by atoms with Gasteiger partial charge in [-0.1, -0.05) is 0 Å². The van der Waals surface area contributed by atoms with Gasteiger partial charge in [0.1, 0.15) is 11.5 Å². The largest absolute Gasteiger partial charge is 0.493 e. The fraction of sp³-hybridized carbons (Fsp3) is 0.273. The van der Waals surface area contributed by atoms with E-state index in [1.165, 1.54) is 45.4 Å². The van der Waals surface area contributed by atoms with E-state index in [4.69, 9.17) is 13.9 Å². The average molecular weight is 503 g/mol. The first kappa shape index (κ1) is 25.7. The summed E-state index contributed by atoms with van der Waals surface area (Å²) >= 11 is 0. The summed E-state index contributed by atoms with van der Waals surface area (Å²) < 4.78 is 25.0. The number of imide groups is 1. The van der Waals surface area contributed by atoms with Gasteiger partial charge in [0.15, 0.2) is 11.9 Å². The summed E-state index contributed by atoms with van der Waals surface area (Å²) in [5, 5.41) is 14.1. The molecule has 2 aromatic rings. The van der Waals surface area contributed by atoms with Crippen molar-refractivity contribution in [2.45, 2.75) is 19.6 Å². The Balaban J connectivity index is 1.90. The molecule has 0 spiro atoms. The molecule has 0 aliphatic carbocycles. The maximum atomic E-state index is 12.8. The topological polar surface area (TPSA) is 177 Å². The molecule has 1 saturated heterocycles. The number of nitrogens with one attached hydrogen (secondary N) is 1. The summed E-state index contributed by atoms with van der Waals surface area (Å²) in [4.78, 5) is 60.2. The first-order valence-corrected chi connectivity index (χ1v) is 10.2. The van der Waals surface area contributed by atoms with Crippen LogP contribution >= 0.6 is 0 Å². The number of hydrogen-bond donors (Lipinski definition) is 1. The number of ether oxygens (including phenoxy) is 4. The second-order valence-electron chi connectivity index (χ2n) is 7.25. The number of hydrogen-bond acceptors (Lipinski definition) is 11. The van der Waals surface area contributed by atoms with E-state index >= 15 is 0 Å². The minimum absolute atomic E-state index is 0.0913. The van der Waals surface area contributed by atoms with Gasteiger partial charge >= 0.3 is 23.7 Å². The fourth-order valence-corrected chi connectivity index (χ4v) is 3.20. The van der Waals surface area contributed by atoms with Crippen molar-refractivity contribution in [3.63, 3.8) is 0 Å². The second-order valence-corrected chi connectivity index (χ2v) is 7.25. The van der Waals surface area contributed by atoms with Crippen LogP contribution in [0, 0.1) is 10.1 Å². The first-order valence-electron chi connectivity index (χ1n) is 10.2. The summed E-state index contributed by atoms with van der Waals surface area (Å²) in [6, 6.07) is 4.40. The van der Waals surface area contributed by atoms with E-state index in [0.29, 0.717) is 0 Å². The van der Waals surface area contributed by atoms with E-state index < -0.39 is 40.6 Å². The van der Waals surface area contributed by atoms with Crippen LogP contribution in [0.15, 0.2) is 34.4 Å². The highest BCUT2D eigenvalue weighted by Gasteiger charge is 2.35. The van der Waals surface area contributed by atoms with Crippen molar-refractivity contribution in [1.29, 1.82) is 0 Å². The molecule has 190 valence electrons. The minimum atomic E-state index is -1.17. The molecule has 3 rings (SSSR count). The Labute approximate surface area is 203 Å². The molecule has 2 heterocycles. The van der Waals surface area contributed by atoms with Crippen LogP contribution in [0.1, 0.15) is 28.8 Å². The third-order valence-corrected chi connectivity index (χ3v) is 4.94. The smallest absolute Gasteiger partial charge is 0.373 e. The molecule has 1 aromatic carbocycles. The van der Waals surface area contributed by atoms with Crippen LogP contribution in [0.5, 0.6) is 11.5 Å². The number of amides is 3. The molecule has 1 aliphatic rings. The van der Waals surface area contributed by atoms with E-state index in [9.17, 15) is 29.3 Å². The van der Waals surface area contributed by atoms with Gasteiger partial charge in [0.2, 0.25) is 11.5 Å². The predicted molar refractivity (Wildman–Crippen MR) is 119 cm³/mol. The molecule has 14 nitrogen and oxygen atoms in total. The Morgan fingerprint density at radius 3 is 2.53 bits per heavy atom. The number of methoxy groups -OCH3 is 3. The number of esters is 2. The van der Waals surface area contributed by atoms with Gasteiger partial charge in [-0.25, -0.2) is 14.4 Å². The van der Waals surface area contributed by atoms with Crippen LogP contribution in [0.25, 0.3) is 6.08 Å². The Bertz CT molecular complexity index is 1260. The number of furan rings is 1. The zero-order valence-electron chi connectivity index (χ0n) is 19.6. The predicted octanol–water partition coefficient (Wildman–Crippen LogP) is 2.02. The molecule has 0 bridgehead atoms. The van der Waals surface area contributed by atoms with Gasteiger partial charge in [0.05, 0.1) is 32.8 Å². The molecule has 0 saturated carbocycles. The van der Waals surface area contributed by atoms with Crippen LogP contribution in [-0.2, 0) is 25.6 Å². The van der Waals surface area contributed by atoms with E-state index in [1.54, 1.807) is 0 Å². The minimum Gasteiger partial charge on any atom is -0.493 e. The van der Waals surface area contributed by atoms with Gasteiger partial charge in [-0.3, -0.25) is 19.8 Å². The van der Waals surface area contributed by atoms with Crippen molar-refractivity contribution < 1.29 is 47.5 Å². The van der Waals surface area contributed by atoms with Gasteiger partial charge in [0.25, 0.3) is 5.91 Å².